The lowest BCUT2D eigenvalue weighted by Crippen LogP contribution is -2.45. The Morgan fingerprint density at radius 1 is 1.25 bits per heavy atom. The molecular weight excluding hydrogens is 376 g/mol. The highest BCUT2D eigenvalue weighted by molar-refractivity contribution is 7.91. The Bertz CT molecular complexity index is 1070. The van der Waals surface area contributed by atoms with Gasteiger partial charge in [0.1, 0.15) is 17.8 Å². The molecule has 3 aromatic rings. The van der Waals surface area contributed by atoms with Gasteiger partial charge >= 0.3 is 0 Å². The second kappa shape index (κ2) is 7.52. The summed E-state index contributed by atoms with van der Waals surface area (Å²) in [6.07, 6.45) is 5.08. The van der Waals surface area contributed by atoms with E-state index in [1.165, 1.54) is 0 Å². The van der Waals surface area contributed by atoms with Crippen LogP contribution in [0.15, 0.2) is 47.8 Å². The van der Waals surface area contributed by atoms with Crippen LogP contribution in [-0.4, -0.2) is 49.3 Å². The molecule has 148 valence electrons. The zero-order valence-corrected chi connectivity index (χ0v) is 16.8. The van der Waals surface area contributed by atoms with Crippen LogP contribution in [0.4, 0.5) is 5.82 Å². The van der Waals surface area contributed by atoms with E-state index in [2.05, 4.69) is 19.9 Å². The number of benzene rings is 1. The molecule has 0 bridgehead atoms. The highest BCUT2D eigenvalue weighted by atomic mass is 32.2. The van der Waals surface area contributed by atoms with Crippen LogP contribution in [0.2, 0.25) is 0 Å². The van der Waals surface area contributed by atoms with E-state index in [-0.39, 0.29) is 17.7 Å². The molecule has 0 atom stereocenters. The topological polar surface area (TPSA) is 88.2 Å². The van der Waals surface area contributed by atoms with Gasteiger partial charge in [-0.1, -0.05) is 12.1 Å². The largest absolute Gasteiger partial charge is 0.380 e. The number of anilines is 1. The summed E-state index contributed by atoms with van der Waals surface area (Å²) in [7, 11) is 0.309. The summed E-state index contributed by atoms with van der Waals surface area (Å²) in [6.45, 7) is 0.409. The van der Waals surface area contributed by atoms with Crippen molar-refractivity contribution in [2.24, 2.45) is 5.92 Å². The molecule has 1 aromatic carbocycles. The van der Waals surface area contributed by atoms with Crippen LogP contribution in [-0.2, 0) is 21.2 Å². The van der Waals surface area contributed by atoms with E-state index >= 15 is 0 Å². The van der Waals surface area contributed by atoms with E-state index in [0.717, 1.165) is 35.3 Å². The average molecular weight is 401 g/mol. The molecule has 1 aliphatic carbocycles. The van der Waals surface area contributed by atoms with Gasteiger partial charge in [-0.15, -0.1) is 0 Å². The van der Waals surface area contributed by atoms with Crippen LogP contribution in [0.5, 0.6) is 0 Å². The molecule has 0 saturated heterocycles. The van der Waals surface area contributed by atoms with Gasteiger partial charge in [0.05, 0.1) is 22.6 Å². The standard InChI is InChI=1S/C20H24N4O3S/c1-24(20-18-6-7-21-19(18)22-13-23-20)16-8-15(9-16)12-28(25,26)17-5-3-4-14(10-17)11-27-2/h3-7,10,13,15-16H,8-9,11-12H2,1-2H3,(H,21,22,23). The number of hydrogen-bond donors (Lipinski definition) is 1. The highest BCUT2D eigenvalue weighted by Gasteiger charge is 2.36. The third-order valence-corrected chi connectivity index (χ3v) is 7.33. The number of ether oxygens (including phenoxy) is 1. The molecule has 28 heavy (non-hydrogen) atoms. The minimum absolute atomic E-state index is 0.159. The smallest absolute Gasteiger partial charge is 0.178 e. The van der Waals surface area contributed by atoms with Crippen LogP contribution >= 0.6 is 0 Å². The van der Waals surface area contributed by atoms with Crippen molar-refractivity contribution in [3.05, 3.63) is 48.4 Å². The number of H-pyrrole nitrogens is 1. The van der Waals surface area contributed by atoms with Gasteiger partial charge in [0.25, 0.3) is 0 Å². The Morgan fingerprint density at radius 3 is 2.86 bits per heavy atom. The third kappa shape index (κ3) is 3.62. The molecule has 1 aliphatic rings. The number of sulfone groups is 1. The summed E-state index contributed by atoms with van der Waals surface area (Å²) >= 11 is 0. The Kier molecular flexibility index (Phi) is 5.07. The van der Waals surface area contributed by atoms with Crippen molar-refractivity contribution in [1.29, 1.82) is 0 Å². The van der Waals surface area contributed by atoms with E-state index in [4.69, 9.17) is 4.74 Å². The van der Waals surface area contributed by atoms with Crippen LogP contribution in [0.3, 0.4) is 0 Å². The second-order valence-corrected chi connectivity index (χ2v) is 9.44. The van der Waals surface area contributed by atoms with E-state index < -0.39 is 9.84 Å². The summed E-state index contributed by atoms with van der Waals surface area (Å²) in [5, 5.41) is 0.982. The van der Waals surface area contributed by atoms with Crippen molar-refractivity contribution < 1.29 is 13.2 Å². The zero-order valence-electron chi connectivity index (χ0n) is 16.0. The fourth-order valence-electron chi connectivity index (χ4n) is 3.87. The number of aromatic amines is 1. The summed E-state index contributed by atoms with van der Waals surface area (Å²) in [4.78, 5) is 14.3. The zero-order chi connectivity index (χ0) is 19.7. The normalized spacial score (nSPS) is 19.5. The fraction of sp³-hybridized carbons (Fsp3) is 0.400. The lowest BCUT2D eigenvalue weighted by Gasteiger charge is -2.41. The molecular formula is C20H24N4O3S. The first-order valence-corrected chi connectivity index (χ1v) is 10.9. The Labute approximate surface area is 164 Å². The van der Waals surface area contributed by atoms with Gasteiger partial charge in [-0.05, 0) is 42.5 Å². The van der Waals surface area contributed by atoms with Crippen LogP contribution in [0.1, 0.15) is 18.4 Å². The SMILES string of the molecule is COCc1cccc(S(=O)(=O)CC2CC(N(C)c3ncnc4[nH]ccc34)C2)c1. The first-order valence-electron chi connectivity index (χ1n) is 9.29. The van der Waals surface area contributed by atoms with Gasteiger partial charge in [0.2, 0.25) is 0 Å². The van der Waals surface area contributed by atoms with Crippen molar-refractivity contribution in [1.82, 2.24) is 15.0 Å². The van der Waals surface area contributed by atoms with E-state index in [1.807, 2.05) is 25.4 Å². The number of fused-ring (bicyclic) bond motifs is 1. The van der Waals surface area contributed by atoms with E-state index in [9.17, 15) is 8.42 Å². The summed E-state index contributed by atoms with van der Waals surface area (Å²) in [5.41, 5.74) is 1.68. The number of aromatic nitrogens is 3. The molecule has 0 radical (unpaired) electrons. The second-order valence-electron chi connectivity index (χ2n) is 7.40. The van der Waals surface area contributed by atoms with Gasteiger partial charge in [-0.2, -0.15) is 0 Å². The summed E-state index contributed by atoms with van der Waals surface area (Å²) < 4.78 is 30.7. The molecule has 0 aliphatic heterocycles. The van der Waals surface area contributed by atoms with Gasteiger partial charge in [0, 0.05) is 26.4 Å². The van der Waals surface area contributed by atoms with Crippen LogP contribution < -0.4 is 4.90 Å². The van der Waals surface area contributed by atoms with Gasteiger partial charge in [0.15, 0.2) is 9.84 Å². The van der Waals surface area contributed by atoms with Crippen molar-refractivity contribution in [2.45, 2.75) is 30.4 Å². The maximum atomic E-state index is 12.8. The molecule has 1 N–H and O–H groups in total. The minimum atomic E-state index is -3.31. The van der Waals surface area contributed by atoms with Gasteiger partial charge in [-0.3, -0.25) is 0 Å². The van der Waals surface area contributed by atoms with Gasteiger partial charge in [-0.25, -0.2) is 18.4 Å². The van der Waals surface area contributed by atoms with Crippen LogP contribution in [0.25, 0.3) is 11.0 Å². The summed E-state index contributed by atoms with van der Waals surface area (Å²) in [5.74, 6) is 1.22. The molecule has 0 spiro atoms. The molecule has 0 unspecified atom stereocenters. The molecule has 7 nitrogen and oxygen atoms in total. The number of nitrogens with one attached hydrogen (secondary N) is 1. The van der Waals surface area contributed by atoms with E-state index in [0.29, 0.717) is 11.5 Å². The highest BCUT2D eigenvalue weighted by Crippen LogP contribution is 2.36. The molecule has 8 heteroatoms. The predicted octanol–water partition coefficient (Wildman–Crippen LogP) is 2.79. The summed E-state index contributed by atoms with van der Waals surface area (Å²) in [6, 6.07) is 9.28. The molecule has 2 heterocycles. The molecule has 4 rings (SSSR count). The number of methoxy groups -OCH3 is 1. The molecule has 1 saturated carbocycles. The maximum absolute atomic E-state index is 12.8. The minimum Gasteiger partial charge on any atom is -0.380 e. The quantitative estimate of drug-likeness (QED) is 0.656. The van der Waals surface area contributed by atoms with Crippen LogP contribution in [0, 0.1) is 5.92 Å². The Hall–Kier alpha value is -2.45. The van der Waals surface area contributed by atoms with Crippen molar-refractivity contribution in [3.8, 4) is 0 Å². The van der Waals surface area contributed by atoms with Gasteiger partial charge < -0.3 is 14.6 Å². The Balaban J connectivity index is 1.41. The number of rotatable bonds is 7. The first-order chi connectivity index (χ1) is 13.5. The Morgan fingerprint density at radius 2 is 2.07 bits per heavy atom. The third-order valence-electron chi connectivity index (χ3n) is 5.45. The maximum Gasteiger partial charge on any atom is 0.178 e. The monoisotopic (exact) mass is 400 g/mol. The first kappa shape index (κ1) is 18.9. The average Bonchev–Trinajstić information content (AvgIpc) is 3.13. The van der Waals surface area contributed by atoms with Crippen molar-refractivity contribution in [2.75, 3.05) is 24.8 Å². The fourth-order valence-corrected chi connectivity index (χ4v) is 5.57. The van der Waals surface area contributed by atoms with Crippen molar-refractivity contribution >= 4 is 26.7 Å². The molecule has 0 amide bonds. The number of nitrogens with zero attached hydrogens (tertiary/aromatic N) is 3. The number of hydrogen-bond acceptors (Lipinski definition) is 6. The predicted molar refractivity (Wildman–Crippen MR) is 108 cm³/mol. The molecule has 1 fully saturated rings. The lowest BCUT2D eigenvalue weighted by atomic mass is 9.81. The molecule has 2 aromatic heterocycles. The van der Waals surface area contributed by atoms with E-state index in [1.54, 1.807) is 31.6 Å². The lowest BCUT2D eigenvalue weighted by molar-refractivity contribution is 0.184. The van der Waals surface area contributed by atoms with Crippen molar-refractivity contribution in [3.63, 3.8) is 0 Å².